The maximum atomic E-state index is 9.66. The molecule has 0 amide bonds. The second-order valence-electron chi connectivity index (χ2n) is 5.11. The summed E-state index contributed by atoms with van der Waals surface area (Å²) < 4.78 is 0. The van der Waals surface area contributed by atoms with Crippen LogP contribution in [0.2, 0.25) is 0 Å². The topological polar surface area (TPSA) is 32.3 Å². The Balaban J connectivity index is 1.64. The average Bonchev–Trinajstić information content (AvgIpc) is 2.92. The van der Waals surface area contributed by atoms with Crippen LogP contribution in [0.3, 0.4) is 0 Å². The van der Waals surface area contributed by atoms with Crippen molar-refractivity contribution in [1.29, 1.82) is 0 Å². The van der Waals surface area contributed by atoms with Crippen LogP contribution < -0.4 is 5.32 Å². The highest BCUT2D eigenvalue weighted by molar-refractivity contribution is 7.09. The SMILES string of the molecule is Oc1ccc2c(c1)C(NCCc1cccs1)CCC2. The zero-order chi connectivity index (χ0) is 13.1. The van der Waals surface area contributed by atoms with Gasteiger partial charge in [-0.3, -0.25) is 0 Å². The number of fused-ring (bicyclic) bond motifs is 1. The van der Waals surface area contributed by atoms with Crippen molar-refractivity contribution in [3.8, 4) is 5.75 Å². The highest BCUT2D eigenvalue weighted by atomic mass is 32.1. The average molecular weight is 273 g/mol. The smallest absolute Gasteiger partial charge is 0.115 e. The molecule has 1 unspecified atom stereocenters. The molecule has 1 aromatic carbocycles. The largest absolute Gasteiger partial charge is 0.508 e. The number of rotatable bonds is 4. The van der Waals surface area contributed by atoms with Crippen LogP contribution in [-0.2, 0) is 12.8 Å². The van der Waals surface area contributed by atoms with E-state index in [-0.39, 0.29) is 0 Å². The van der Waals surface area contributed by atoms with Crippen LogP contribution >= 0.6 is 11.3 Å². The minimum atomic E-state index is 0.380. The second kappa shape index (κ2) is 5.76. The molecule has 0 saturated heterocycles. The van der Waals surface area contributed by atoms with Gasteiger partial charge in [0.1, 0.15) is 5.75 Å². The Morgan fingerprint density at radius 2 is 2.26 bits per heavy atom. The monoisotopic (exact) mass is 273 g/mol. The first-order valence-corrected chi connectivity index (χ1v) is 7.78. The number of phenolic OH excluding ortho intramolecular Hbond substituents is 1. The Morgan fingerprint density at radius 3 is 3.11 bits per heavy atom. The Hall–Kier alpha value is -1.32. The van der Waals surface area contributed by atoms with Gasteiger partial charge in [-0.25, -0.2) is 0 Å². The van der Waals surface area contributed by atoms with E-state index in [0.717, 1.165) is 19.4 Å². The molecule has 1 aliphatic rings. The van der Waals surface area contributed by atoms with Gasteiger partial charge in [-0.15, -0.1) is 11.3 Å². The van der Waals surface area contributed by atoms with Crippen molar-refractivity contribution in [1.82, 2.24) is 5.32 Å². The summed E-state index contributed by atoms with van der Waals surface area (Å²) in [6, 6.07) is 10.5. The van der Waals surface area contributed by atoms with E-state index in [1.807, 2.05) is 17.4 Å². The Bertz CT molecular complexity index is 536. The van der Waals surface area contributed by atoms with Crippen molar-refractivity contribution < 1.29 is 5.11 Å². The normalized spacial score (nSPS) is 18.2. The molecule has 1 atom stereocenters. The van der Waals surface area contributed by atoms with Crippen LogP contribution in [-0.4, -0.2) is 11.7 Å². The third-order valence-electron chi connectivity index (χ3n) is 3.79. The van der Waals surface area contributed by atoms with Gasteiger partial charge in [0.2, 0.25) is 0 Å². The molecular formula is C16H19NOS. The number of thiophene rings is 1. The van der Waals surface area contributed by atoms with Crippen molar-refractivity contribution in [3.05, 3.63) is 51.7 Å². The molecule has 19 heavy (non-hydrogen) atoms. The first kappa shape index (κ1) is 12.7. The molecule has 0 spiro atoms. The van der Waals surface area contributed by atoms with Gasteiger partial charge in [0.25, 0.3) is 0 Å². The molecule has 0 bridgehead atoms. The van der Waals surface area contributed by atoms with Gasteiger partial charge < -0.3 is 10.4 Å². The number of aryl methyl sites for hydroxylation is 1. The Morgan fingerprint density at radius 1 is 1.32 bits per heavy atom. The molecule has 1 aromatic heterocycles. The summed E-state index contributed by atoms with van der Waals surface area (Å²) in [7, 11) is 0. The molecule has 3 rings (SSSR count). The lowest BCUT2D eigenvalue weighted by Gasteiger charge is -2.26. The molecule has 0 aliphatic heterocycles. The van der Waals surface area contributed by atoms with Crippen LogP contribution in [0.15, 0.2) is 35.7 Å². The summed E-state index contributed by atoms with van der Waals surface area (Å²) in [6.07, 6.45) is 4.62. The Labute approximate surface area is 118 Å². The summed E-state index contributed by atoms with van der Waals surface area (Å²) in [6.45, 7) is 1.00. The fraction of sp³-hybridized carbons (Fsp3) is 0.375. The van der Waals surface area contributed by atoms with E-state index < -0.39 is 0 Å². The quantitative estimate of drug-likeness (QED) is 0.891. The summed E-state index contributed by atoms with van der Waals surface area (Å²) in [5, 5.41) is 15.4. The van der Waals surface area contributed by atoms with E-state index in [2.05, 4.69) is 28.9 Å². The summed E-state index contributed by atoms with van der Waals surface area (Å²) >= 11 is 1.82. The predicted molar refractivity (Wildman–Crippen MR) is 79.8 cm³/mol. The van der Waals surface area contributed by atoms with E-state index in [0.29, 0.717) is 11.8 Å². The van der Waals surface area contributed by atoms with Crippen LogP contribution in [0.25, 0.3) is 0 Å². The maximum Gasteiger partial charge on any atom is 0.115 e. The van der Waals surface area contributed by atoms with Gasteiger partial charge in [0.05, 0.1) is 0 Å². The van der Waals surface area contributed by atoms with Crippen LogP contribution in [0.5, 0.6) is 5.75 Å². The van der Waals surface area contributed by atoms with Gasteiger partial charge in [-0.05, 0) is 60.4 Å². The number of nitrogens with one attached hydrogen (secondary N) is 1. The molecule has 1 aliphatic carbocycles. The Kier molecular flexibility index (Phi) is 3.85. The maximum absolute atomic E-state index is 9.66. The molecule has 0 fully saturated rings. The lowest BCUT2D eigenvalue weighted by molar-refractivity contribution is 0.448. The van der Waals surface area contributed by atoms with Crippen molar-refractivity contribution >= 4 is 11.3 Å². The molecular weight excluding hydrogens is 254 g/mol. The van der Waals surface area contributed by atoms with E-state index in [9.17, 15) is 5.11 Å². The van der Waals surface area contributed by atoms with Crippen LogP contribution in [0, 0.1) is 0 Å². The van der Waals surface area contributed by atoms with Crippen molar-refractivity contribution in [2.24, 2.45) is 0 Å². The summed E-state index contributed by atoms with van der Waals surface area (Å²) in [4.78, 5) is 1.43. The molecule has 0 saturated carbocycles. The van der Waals surface area contributed by atoms with Crippen molar-refractivity contribution in [2.45, 2.75) is 31.7 Å². The number of aromatic hydroxyl groups is 1. The standard InChI is InChI=1S/C16H19NOS/c18-13-7-6-12-3-1-5-16(15(12)11-13)17-9-8-14-4-2-10-19-14/h2,4,6-7,10-11,16-18H,1,3,5,8-9H2. The van der Waals surface area contributed by atoms with Crippen LogP contribution in [0.1, 0.15) is 34.9 Å². The lowest BCUT2D eigenvalue weighted by atomic mass is 9.87. The number of phenols is 1. The lowest BCUT2D eigenvalue weighted by Crippen LogP contribution is -2.26. The highest BCUT2D eigenvalue weighted by Crippen LogP contribution is 2.32. The zero-order valence-electron chi connectivity index (χ0n) is 10.9. The van der Waals surface area contributed by atoms with Crippen molar-refractivity contribution in [2.75, 3.05) is 6.54 Å². The van der Waals surface area contributed by atoms with E-state index in [1.165, 1.54) is 28.8 Å². The fourth-order valence-corrected chi connectivity index (χ4v) is 3.53. The minimum absolute atomic E-state index is 0.380. The molecule has 2 aromatic rings. The first-order chi connectivity index (χ1) is 9.33. The van der Waals surface area contributed by atoms with Gasteiger partial charge in [-0.2, -0.15) is 0 Å². The highest BCUT2D eigenvalue weighted by Gasteiger charge is 2.19. The number of benzene rings is 1. The van der Waals surface area contributed by atoms with Gasteiger partial charge in [-0.1, -0.05) is 12.1 Å². The first-order valence-electron chi connectivity index (χ1n) is 6.90. The second-order valence-corrected chi connectivity index (χ2v) is 6.14. The van der Waals surface area contributed by atoms with Gasteiger partial charge >= 0.3 is 0 Å². The predicted octanol–water partition coefficient (Wildman–Crippen LogP) is 3.66. The summed E-state index contributed by atoms with van der Waals surface area (Å²) in [5.74, 6) is 0.380. The van der Waals surface area contributed by atoms with Crippen LogP contribution in [0.4, 0.5) is 0 Å². The molecule has 3 heteroatoms. The molecule has 100 valence electrons. The zero-order valence-corrected chi connectivity index (χ0v) is 11.7. The molecule has 2 N–H and O–H groups in total. The molecule has 0 radical (unpaired) electrons. The van der Waals surface area contributed by atoms with Crippen molar-refractivity contribution in [3.63, 3.8) is 0 Å². The molecule has 2 nitrogen and oxygen atoms in total. The third kappa shape index (κ3) is 2.99. The van der Waals surface area contributed by atoms with Gasteiger partial charge in [0.15, 0.2) is 0 Å². The van der Waals surface area contributed by atoms with E-state index in [4.69, 9.17) is 0 Å². The van der Waals surface area contributed by atoms with E-state index >= 15 is 0 Å². The van der Waals surface area contributed by atoms with E-state index in [1.54, 1.807) is 6.07 Å². The minimum Gasteiger partial charge on any atom is -0.508 e. The number of hydrogen-bond acceptors (Lipinski definition) is 3. The number of hydrogen-bond donors (Lipinski definition) is 2. The van der Waals surface area contributed by atoms with Gasteiger partial charge in [0, 0.05) is 17.5 Å². The summed E-state index contributed by atoms with van der Waals surface area (Å²) in [5.41, 5.74) is 2.68. The third-order valence-corrected chi connectivity index (χ3v) is 4.72. The fourth-order valence-electron chi connectivity index (χ4n) is 2.82. The molecule has 1 heterocycles.